The fourth-order valence-electron chi connectivity index (χ4n) is 2.73. The zero-order valence-electron chi connectivity index (χ0n) is 12.4. The van der Waals surface area contributed by atoms with Gasteiger partial charge in [0, 0.05) is 17.5 Å². The van der Waals surface area contributed by atoms with Crippen LogP contribution in [-0.4, -0.2) is 17.7 Å². The molecular weight excluding hydrogens is 292 g/mol. The molecule has 116 valence electrons. The molecule has 0 saturated heterocycles. The minimum Gasteiger partial charge on any atom is -0.331 e. The lowest BCUT2D eigenvalue weighted by atomic mass is 9.87. The second kappa shape index (κ2) is 6.44. The number of fused-ring (bicyclic) bond motifs is 1. The van der Waals surface area contributed by atoms with Gasteiger partial charge in [-0.15, -0.1) is 0 Å². The quantitative estimate of drug-likeness (QED) is 0.895. The van der Waals surface area contributed by atoms with Crippen LogP contribution in [0.2, 0.25) is 0 Å². The summed E-state index contributed by atoms with van der Waals surface area (Å²) < 4.78 is 0. The van der Waals surface area contributed by atoms with E-state index in [-0.39, 0.29) is 11.8 Å². The summed E-state index contributed by atoms with van der Waals surface area (Å²) in [5, 5.41) is 5.08. The molecule has 1 atom stereocenters. The van der Waals surface area contributed by atoms with Crippen molar-refractivity contribution in [1.82, 2.24) is 10.6 Å². The van der Waals surface area contributed by atoms with E-state index in [1.807, 2.05) is 12.1 Å². The van der Waals surface area contributed by atoms with Gasteiger partial charge in [-0.25, -0.2) is 4.79 Å². The smallest absolute Gasteiger partial charge is 0.322 e. The molecule has 0 fully saturated rings. The molecule has 2 aromatic rings. The summed E-state index contributed by atoms with van der Waals surface area (Å²) >= 11 is 0. The first-order valence-electron chi connectivity index (χ1n) is 7.44. The fraction of sp³-hybridized carbons (Fsp3) is 0.167. The van der Waals surface area contributed by atoms with Crippen LogP contribution >= 0.6 is 0 Å². The van der Waals surface area contributed by atoms with E-state index >= 15 is 0 Å². The highest BCUT2D eigenvalue weighted by atomic mass is 16.2. The number of nitrogens with one attached hydrogen (secondary N) is 2. The SMILES string of the molecule is O=C(NC(=O)c1ccccc1)N[C@H]1CCC(=O)c2ccccc21. The molecule has 0 aliphatic heterocycles. The molecule has 3 rings (SSSR count). The van der Waals surface area contributed by atoms with Gasteiger partial charge in [0.05, 0.1) is 6.04 Å². The molecule has 1 aliphatic carbocycles. The van der Waals surface area contributed by atoms with Crippen molar-refractivity contribution in [2.45, 2.75) is 18.9 Å². The van der Waals surface area contributed by atoms with Crippen molar-refractivity contribution in [2.75, 3.05) is 0 Å². The van der Waals surface area contributed by atoms with E-state index in [2.05, 4.69) is 10.6 Å². The van der Waals surface area contributed by atoms with Crippen molar-refractivity contribution >= 4 is 17.7 Å². The molecule has 0 unspecified atom stereocenters. The van der Waals surface area contributed by atoms with E-state index in [0.29, 0.717) is 24.0 Å². The van der Waals surface area contributed by atoms with Crippen molar-refractivity contribution in [3.63, 3.8) is 0 Å². The van der Waals surface area contributed by atoms with Gasteiger partial charge < -0.3 is 5.32 Å². The van der Waals surface area contributed by atoms with E-state index in [1.54, 1.807) is 42.5 Å². The zero-order valence-corrected chi connectivity index (χ0v) is 12.4. The van der Waals surface area contributed by atoms with Crippen molar-refractivity contribution in [1.29, 1.82) is 0 Å². The molecule has 0 radical (unpaired) electrons. The van der Waals surface area contributed by atoms with Gasteiger partial charge in [0.15, 0.2) is 5.78 Å². The molecule has 0 spiro atoms. The van der Waals surface area contributed by atoms with Crippen LogP contribution in [0.5, 0.6) is 0 Å². The van der Waals surface area contributed by atoms with Crippen LogP contribution in [0.1, 0.15) is 45.2 Å². The lowest BCUT2D eigenvalue weighted by Gasteiger charge is -2.25. The maximum absolute atomic E-state index is 12.1. The summed E-state index contributed by atoms with van der Waals surface area (Å²) in [6.07, 6.45) is 0.914. The predicted octanol–water partition coefficient (Wildman–Crippen LogP) is 2.84. The van der Waals surface area contributed by atoms with Crippen LogP contribution in [0.15, 0.2) is 54.6 Å². The van der Waals surface area contributed by atoms with Crippen LogP contribution in [0.4, 0.5) is 4.79 Å². The number of amides is 3. The summed E-state index contributed by atoms with van der Waals surface area (Å²) in [7, 11) is 0. The van der Waals surface area contributed by atoms with Crippen molar-refractivity contribution < 1.29 is 14.4 Å². The normalized spacial score (nSPS) is 16.3. The predicted molar refractivity (Wildman–Crippen MR) is 85.2 cm³/mol. The van der Waals surface area contributed by atoms with Crippen LogP contribution in [0.3, 0.4) is 0 Å². The summed E-state index contributed by atoms with van der Waals surface area (Å²) in [4.78, 5) is 35.9. The number of ketones is 1. The van der Waals surface area contributed by atoms with E-state index in [4.69, 9.17) is 0 Å². The Morgan fingerprint density at radius 3 is 2.43 bits per heavy atom. The Bertz CT molecular complexity index is 756. The number of rotatable bonds is 2. The summed E-state index contributed by atoms with van der Waals surface area (Å²) in [6.45, 7) is 0. The van der Waals surface area contributed by atoms with Gasteiger partial charge in [0.2, 0.25) is 0 Å². The lowest BCUT2D eigenvalue weighted by molar-refractivity contribution is 0.0946. The number of benzene rings is 2. The fourth-order valence-corrected chi connectivity index (χ4v) is 2.73. The minimum atomic E-state index is -0.562. The second-order valence-corrected chi connectivity index (χ2v) is 5.40. The Hall–Kier alpha value is -2.95. The largest absolute Gasteiger partial charge is 0.331 e. The minimum absolute atomic E-state index is 0.0828. The molecule has 5 heteroatoms. The molecule has 0 aromatic heterocycles. The maximum atomic E-state index is 12.1. The maximum Gasteiger partial charge on any atom is 0.322 e. The lowest BCUT2D eigenvalue weighted by Crippen LogP contribution is -2.42. The van der Waals surface area contributed by atoms with Crippen molar-refractivity contribution in [3.05, 3.63) is 71.3 Å². The van der Waals surface area contributed by atoms with Crippen molar-refractivity contribution in [3.8, 4) is 0 Å². The van der Waals surface area contributed by atoms with Gasteiger partial charge in [-0.05, 0) is 24.1 Å². The molecule has 3 amide bonds. The van der Waals surface area contributed by atoms with Gasteiger partial charge in [-0.2, -0.15) is 0 Å². The summed E-state index contributed by atoms with van der Waals surface area (Å²) in [5.41, 5.74) is 1.85. The highest BCUT2D eigenvalue weighted by Crippen LogP contribution is 2.29. The van der Waals surface area contributed by atoms with Gasteiger partial charge >= 0.3 is 6.03 Å². The second-order valence-electron chi connectivity index (χ2n) is 5.40. The standard InChI is InChI=1S/C18H16N2O3/c21-16-11-10-15(13-8-4-5-9-14(13)16)19-18(23)20-17(22)12-6-2-1-3-7-12/h1-9,15H,10-11H2,(H2,19,20,22,23)/t15-/m0/s1. The van der Waals surface area contributed by atoms with Crippen molar-refractivity contribution in [2.24, 2.45) is 0 Å². The molecule has 5 nitrogen and oxygen atoms in total. The Morgan fingerprint density at radius 1 is 0.957 bits per heavy atom. The first-order chi connectivity index (χ1) is 11.1. The van der Waals surface area contributed by atoms with Crippen LogP contribution in [-0.2, 0) is 0 Å². The Kier molecular flexibility index (Phi) is 4.19. The first kappa shape index (κ1) is 15.0. The Balaban J connectivity index is 1.68. The molecule has 2 N–H and O–H groups in total. The monoisotopic (exact) mass is 308 g/mol. The molecule has 0 bridgehead atoms. The molecule has 0 heterocycles. The van der Waals surface area contributed by atoms with Gasteiger partial charge in [-0.3, -0.25) is 14.9 Å². The zero-order chi connectivity index (χ0) is 16.2. The number of urea groups is 1. The van der Waals surface area contributed by atoms with Gasteiger partial charge in [-0.1, -0.05) is 42.5 Å². The average Bonchev–Trinajstić information content (AvgIpc) is 2.58. The van der Waals surface area contributed by atoms with Crippen LogP contribution in [0, 0.1) is 0 Å². The molecular formula is C18H16N2O3. The third-order valence-electron chi connectivity index (χ3n) is 3.87. The highest BCUT2D eigenvalue weighted by molar-refractivity contribution is 6.04. The third kappa shape index (κ3) is 3.29. The number of hydrogen-bond acceptors (Lipinski definition) is 3. The van der Waals surface area contributed by atoms with Gasteiger partial charge in [0.25, 0.3) is 5.91 Å². The average molecular weight is 308 g/mol. The Labute approximate surface area is 133 Å². The number of hydrogen-bond donors (Lipinski definition) is 2. The summed E-state index contributed by atoms with van der Waals surface area (Å²) in [5.74, 6) is -0.373. The summed E-state index contributed by atoms with van der Waals surface area (Å²) in [6, 6.07) is 14.9. The van der Waals surface area contributed by atoms with E-state index in [0.717, 1.165) is 5.56 Å². The van der Waals surface area contributed by atoms with Crippen LogP contribution in [0.25, 0.3) is 0 Å². The van der Waals surface area contributed by atoms with Crippen LogP contribution < -0.4 is 10.6 Å². The molecule has 1 aliphatic rings. The van der Waals surface area contributed by atoms with Gasteiger partial charge in [0.1, 0.15) is 0 Å². The molecule has 23 heavy (non-hydrogen) atoms. The first-order valence-corrected chi connectivity index (χ1v) is 7.44. The van der Waals surface area contributed by atoms with E-state index < -0.39 is 11.9 Å². The molecule has 2 aromatic carbocycles. The third-order valence-corrected chi connectivity index (χ3v) is 3.87. The highest BCUT2D eigenvalue weighted by Gasteiger charge is 2.26. The number of carbonyl (C=O) groups is 3. The Morgan fingerprint density at radius 2 is 1.65 bits per heavy atom. The number of carbonyl (C=O) groups excluding carboxylic acids is 3. The van der Waals surface area contributed by atoms with E-state index in [9.17, 15) is 14.4 Å². The number of imide groups is 1. The molecule has 0 saturated carbocycles. The topological polar surface area (TPSA) is 75.3 Å². The van der Waals surface area contributed by atoms with E-state index in [1.165, 1.54) is 0 Å². The number of Topliss-reactive ketones (excluding diaryl/α,β-unsaturated/α-hetero) is 1.